The summed E-state index contributed by atoms with van der Waals surface area (Å²) in [6.45, 7) is 3.14. The quantitative estimate of drug-likeness (QED) is 0.320. The summed E-state index contributed by atoms with van der Waals surface area (Å²) >= 11 is 12.4. The number of carbonyl (C=O) groups excluding carboxylic acids is 2. The summed E-state index contributed by atoms with van der Waals surface area (Å²) in [6, 6.07) is 17.0. The van der Waals surface area contributed by atoms with Crippen LogP contribution in [0.2, 0.25) is 10.0 Å². The van der Waals surface area contributed by atoms with Gasteiger partial charge in [0.1, 0.15) is 11.4 Å². The second kappa shape index (κ2) is 10.6. The number of rotatable bonds is 8. The molecule has 6 atom stereocenters. The topological polar surface area (TPSA) is 86.6 Å². The van der Waals surface area contributed by atoms with Gasteiger partial charge in [-0.05, 0) is 73.2 Å². The van der Waals surface area contributed by atoms with E-state index in [0.29, 0.717) is 47.7 Å². The maximum absolute atomic E-state index is 15.8. The van der Waals surface area contributed by atoms with E-state index in [0.717, 1.165) is 12.7 Å². The van der Waals surface area contributed by atoms with E-state index < -0.39 is 33.0 Å². The summed E-state index contributed by atoms with van der Waals surface area (Å²) < 4.78 is 39.9. The number of piperidine rings is 1. The van der Waals surface area contributed by atoms with Crippen LogP contribution in [0.15, 0.2) is 71.6 Å². The van der Waals surface area contributed by atoms with Crippen molar-refractivity contribution >= 4 is 56.2 Å². The van der Waals surface area contributed by atoms with E-state index >= 15 is 4.39 Å². The second-order valence-electron chi connectivity index (χ2n) is 11.6. The first-order chi connectivity index (χ1) is 19.9. The zero-order valence-corrected chi connectivity index (χ0v) is 25.4. The molecule has 3 aromatic carbocycles. The highest BCUT2D eigenvalue weighted by molar-refractivity contribution is 7.90. The number of halogens is 3. The van der Waals surface area contributed by atoms with Gasteiger partial charge in [0, 0.05) is 47.3 Å². The molecule has 0 bridgehead atoms. The molecule has 42 heavy (non-hydrogen) atoms. The Balaban J connectivity index is 1.46. The first kappa shape index (κ1) is 29.1. The molecule has 1 aliphatic carbocycles. The molecule has 3 aromatic rings. The molecule has 0 radical (unpaired) electrons. The molecule has 7 nitrogen and oxygen atoms in total. The molecular weight excluding hydrogens is 600 g/mol. The van der Waals surface area contributed by atoms with Gasteiger partial charge in [-0.25, -0.2) is 12.8 Å². The fraction of sp³-hybridized carbons (Fsp3) is 0.355. The molecule has 0 spiro atoms. The van der Waals surface area contributed by atoms with Crippen LogP contribution in [0.25, 0.3) is 0 Å². The SMILES string of the molecule is CC1CC1CN1[C@H]2CCN(c3ccc(S(C)(=O)=O)cc3)C(=O)[C@]21[C@@H](C(=O)Nc1cccc(Cl)c1)c1cccc(Cl)c1F. The lowest BCUT2D eigenvalue weighted by atomic mass is 9.78. The minimum absolute atomic E-state index is 0.0426. The Hall–Kier alpha value is -2.98. The van der Waals surface area contributed by atoms with Gasteiger partial charge < -0.3 is 10.2 Å². The Bertz CT molecular complexity index is 1690. The van der Waals surface area contributed by atoms with Crippen LogP contribution in [0, 0.1) is 17.7 Å². The van der Waals surface area contributed by atoms with E-state index in [9.17, 15) is 18.0 Å². The first-order valence-corrected chi connectivity index (χ1v) is 16.5. The van der Waals surface area contributed by atoms with Crippen molar-refractivity contribution in [3.8, 4) is 0 Å². The Morgan fingerprint density at radius 1 is 1.12 bits per heavy atom. The number of carbonyl (C=O) groups is 2. The van der Waals surface area contributed by atoms with E-state index in [1.807, 2.05) is 0 Å². The molecule has 3 unspecified atom stereocenters. The third-order valence-electron chi connectivity index (χ3n) is 8.88. The highest BCUT2D eigenvalue weighted by Gasteiger charge is 2.76. The van der Waals surface area contributed by atoms with Gasteiger partial charge in [0.05, 0.1) is 15.8 Å². The summed E-state index contributed by atoms with van der Waals surface area (Å²) in [5.74, 6) is -1.96. The molecule has 3 fully saturated rings. The lowest BCUT2D eigenvalue weighted by molar-refractivity contribution is -0.128. The summed E-state index contributed by atoms with van der Waals surface area (Å²) in [4.78, 5) is 32.7. The number of nitrogens with one attached hydrogen (secondary N) is 1. The standard InChI is InChI=1S/C31H30Cl2FN3O4S/c1-18-15-19(18)17-37-26-13-14-36(22-9-11-23(12-10-22)42(2,40)41)30(39)31(26,37)27(24-7-4-8-25(33)28(24)34)29(38)35-21-6-3-5-20(32)16-21/h3-12,16,18-19,26-27H,13-15,17H2,1-2H3,(H,35,38)/t18?,19?,26-,27+,31+,37?/m0/s1. The van der Waals surface area contributed by atoms with Gasteiger partial charge in [0.25, 0.3) is 0 Å². The van der Waals surface area contributed by atoms with Crippen LogP contribution in [-0.4, -0.2) is 56.1 Å². The monoisotopic (exact) mass is 629 g/mol. The van der Waals surface area contributed by atoms with Gasteiger partial charge in [-0.1, -0.05) is 48.3 Å². The largest absolute Gasteiger partial charge is 0.325 e. The average molecular weight is 631 g/mol. The van der Waals surface area contributed by atoms with E-state index in [-0.39, 0.29) is 27.4 Å². The van der Waals surface area contributed by atoms with Crippen molar-refractivity contribution < 1.29 is 22.4 Å². The van der Waals surface area contributed by atoms with Crippen LogP contribution in [0.4, 0.5) is 15.8 Å². The normalized spacial score (nSPS) is 27.3. The second-order valence-corrected chi connectivity index (χ2v) is 14.4. The lowest BCUT2D eigenvalue weighted by Gasteiger charge is -2.35. The van der Waals surface area contributed by atoms with Crippen LogP contribution in [0.5, 0.6) is 0 Å². The Morgan fingerprint density at radius 3 is 2.45 bits per heavy atom. The van der Waals surface area contributed by atoms with Crippen molar-refractivity contribution in [3.63, 3.8) is 0 Å². The van der Waals surface area contributed by atoms with Gasteiger partial charge in [-0.15, -0.1) is 0 Å². The van der Waals surface area contributed by atoms with Crippen molar-refractivity contribution in [2.45, 2.75) is 42.2 Å². The van der Waals surface area contributed by atoms with Crippen LogP contribution in [-0.2, 0) is 19.4 Å². The van der Waals surface area contributed by atoms with Crippen LogP contribution in [0.1, 0.15) is 31.2 Å². The zero-order valence-electron chi connectivity index (χ0n) is 23.1. The zero-order chi connectivity index (χ0) is 30.0. The third-order valence-corrected chi connectivity index (χ3v) is 10.5. The molecule has 6 rings (SSSR count). The Morgan fingerprint density at radius 2 is 1.81 bits per heavy atom. The van der Waals surface area contributed by atoms with E-state index in [1.165, 1.54) is 24.3 Å². The molecule has 11 heteroatoms. The van der Waals surface area contributed by atoms with Crippen molar-refractivity contribution in [1.29, 1.82) is 0 Å². The van der Waals surface area contributed by atoms with Crippen molar-refractivity contribution in [2.75, 3.05) is 29.6 Å². The molecule has 1 saturated carbocycles. The predicted octanol–water partition coefficient (Wildman–Crippen LogP) is 5.77. The Labute approximate surface area is 254 Å². The first-order valence-electron chi connectivity index (χ1n) is 13.8. The van der Waals surface area contributed by atoms with E-state index in [4.69, 9.17) is 23.2 Å². The van der Waals surface area contributed by atoms with Crippen LogP contribution in [0.3, 0.4) is 0 Å². The number of fused-ring (bicyclic) bond motifs is 1. The molecule has 3 aliphatic rings. The number of nitrogens with zero attached hydrogens (tertiary/aromatic N) is 2. The highest BCUT2D eigenvalue weighted by atomic mass is 35.5. The fourth-order valence-corrected chi connectivity index (χ4v) is 7.53. The summed E-state index contributed by atoms with van der Waals surface area (Å²) in [5, 5.41) is 3.16. The molecule has 2 aliphatic heterocycles. The van der Waals surface area contributed by atoms with Crippen LogP contribution < -0.4 is 10.2 Å². The van der Waals surface area contributed by atoms with E-state index in [1.54, 1.807) is 47.4 Å². The number of hydrogen-bond acceptors (Lipinski definition) is 5. The van der Waals surface area contributed by atoms with Gasteiger partial charge in [0.15, 0.2) is 9.84 Å². The predicted molar refractivity (Wildman–Crippen MR) is 161 cm³/mol. The lowest BCUT2D eigenvalue weighted by Crippen LogP contribution is -2.54. The average Bonchev–Trinajstić information content (AvgIpc) is 3.82. The summed E-state index contributed by atoms with van der Waals surface area (Å²) in [6.07, 6.45) is 2.70. The fourth-order valence-electron chi connectivity index (χ4n) is 6.52. The van der Waals surface area contributed by atoms with Crippen LogP contribution >= 0.6 is 23.2 Å². The van der Waals surface area contributed by atoms with Gasteiger partial charge in [-0.2, -0.15) is 0 Å². The number of amides is 2. The molecular formula is C31H30Cl2FN3O4S. The minimum atomic E-state index is -3.43. The smallest absolute Gasteiger partial charge is 0.250 e. The van der Waals surface area contributed by atoms with Gasteiger partial charge in [0.2, 0.25) is 11.8 Å². The van der Waals surface area contributed by atoms with Gasteiger partial charge >= 0.3 is 0 Å². The van der Waals surface area contributed by atoms with Crippen molar-refractivity contribution in [2.24, 2.45) is 11.8 Å². The third kappa shape index (κ3) is 5.00. The number of sulfone groups is 1. The maximum Gasteiger partial charge on any atom is 0.250 e. The van der Waals surface area contributed by atoms with Crippen molar-refractivity contribution in [1.82, 2.24) is 4.90 Å². The molecule has 2 saturated heterocycles. The maximum atomic E-state index is 15.8. The molecule has 2 amide bonds. The van der Waals surface area contributed by atoms with E-state index in [2.05, 4.69) is 17.1 Å². The highest BCUT2D eigenvalue weighted by Crippen LogP contribution is 2.59. The molecule has 220 valence electrons. The summed E-state index contributed by atoms with van der Waals surface area (Å²) in [5.41, 5.74) is -0.379. The van der Waals surface area contributed by atoms with Gasteiger partial charge in [-0.3, -0.25) is 14.5 Å². The Kier molecular flexibility index (Phi) is 7.37. The molecule has 0 aromatic heterocycles. The minimum Gasteiger partial charge on any atom is -0.325 e. The molecule has 2 heterocycles. The molecule has 1 N–H and O–H groups in total. The number of hydrogen-bond donors (Lipinski definition) is 1. The summed E-state index contributed by atoms with van der Waals surface area (Å²) in [7, 11) is -3.43. The number of benzene rings is 3. The van der Waals surface area contributed by atoms with Crippen molar-refractivity contribution in [3.05, 3.63) is 88.2 Å². The number of anilines is 2.